The minimum absolute atomic E-state index is 0.283. The van der Waals surface area contributed by atoms with E-state index in [4.69, 9.17) is 4.74 Å². The zero-order valence-electron chi connectivity index (χ0n) is 15.3. The zero-order chi connectivity index (χ0) is 18.8. The first-order valence-electron chi connectivity index (χ1n) is 8.30. The van der Waals surface area contributed by atoms with Crippen LogP contribution in [-0.2, 0) is 18.4 Å². The van der Waals surface area contributed by atoms with Crippen LogP contribution >= 0.6 is 0 Å². The highest BCUT2D eigenvalue weighted by atomic mass is 16.5. The van der Waals surface area contributed by atoms with Crippen molar-refractivity contribution in [2.24, 2.45) is 7.05 Å². The lowest BCUT2D eigenvalue weighted by Crippen LogP contribution is -2.31. The minimum Gasteiger partial charge on any atom is -0.497 e. The number of Topliss-reactive ketones (excluding diaryl/α,β-unsaturated/α-hetero) is 1. The molecule has 6 heteroatoms. The first-order valence-corrected chi connectivity index (χ1v) is 8.30. The normalized spacial score (nSPS) is 10.8. The number of nitrogens with zero attached hydrogens (tertiary/aromatic N) is 2. The maximum Gasteiger partial charge on any atom is 0.292 e. The third kappa shape index (κ3) is 3.31. The molecule has 0 saturated heterocycles. The summed E-state index contributed by atoms with van der Waals surface area (Å²) in [4.78, 5) is 24.7. The smallest absolute Gasteiger partial charge is 0.292 e. The van der Waals surface area contributed by atoms with E-state index in [1.807, 2.05) is 36.4 Å². The quantitative estimate of drug-likeness (QED) is 0.567. The van der Waals surface area contributed by atoms with Gasteiger partial charge in [0.05, 0.1) is 18.4 Å². The molecular formula is C20H21N3O3. The van der Waals surface area contributed by atoms with Crippen LogP contribution in [0.5, 0.6) is 5.75 Å². The summed E-state index contributed by atoms with van der Waals surface area (Å²) in [7, 11) is 3.38. The summed E-state index contributed by atoms with van der Waals surface area (Å²) in [6, 6.07) is 11.7. The summed E-state index contributed by atoms with van der Waals surface area (Å²) in [5.41, 5.74) is 2.53. The van der Waals surface area contributed by atoms with Gasteiger partial charge in [-0.15, -0.1) is 0 Å². The number of hydrogen-bond donors (Lipinski definition) is 1. The number of nitrogens with one attached hydrogen (secondary N) is 1. The molecule has 0 unspecified atom stereocenters. The average Bonchev–Trinajstić information content (AvgIpc) is 2.90. The number of aryl methyl sites for hydroxylation is 2. The Labute approximate surface area is 151 Å². The molecule has 134 valence electrons. The van der Waals surface area contributed by atoms with Crippen molar-refractivity contribution in [3.63, 3.8) is 0 Å². The Morgan fingerprint density at radius 2 is 1.81 bits per heavy atom. The van der Waals surface area contributed by atoms with Crippen LogP contribution in [0.2, 0.25) is 0 Å². The summed E-state index contributed by atoms with van der Waals surface area (Å²) < 4.78 is 6.82. The van der Waals surface area contributed by atoms with Crippen LogP contribution in [0.4, 0.5) is 0 Å². The van der Waals surface area contributed by atoms with Gasteiger partial charge in [0.15, 0.2) is 0 Å². The first kappa shape index (κ1) is 17.7. The molecule has 0 fully saturated rings. The van der Waals surface area contributed by atoms with Gasteiger partial charge in [-0.25, -0.2) is 0 Å². The van der Waals surface area contributed by atoms with E-state index in [1.165, 1.54) is 0 Å². The van der Waals surface area contributed by atoms with E-state index >= 15 is 0 Å². The lowest BCUT2D eigenvalue weighted by atomic mass is 10.1. The molecule has 2 aromatic carbocycles. The molecule has 0 saturated carbocycles. The number of benzene rings is 2. The molecule has 26 heavy (non-hydrogen) atoms. The Morgan fingerprint density at radius 1 is 1.12 bits per heavy atom. The van der Waals surface area contributed by atoms with Gasteiger partial charge in [0.2, 0.25) is 0 Å². The number of rotatable bonds is 5. The van der Waals surface area contributed by atoms with Gasteiger partial charge in [-0.3, -0.25) is 14.3 Å². The van der Waals surface area contributed by atoms with Crippen molar-refractivity contribution in [3.8, 4) is 5.75 Å². The van der Waals surface area contributed by atoms with E-state index in [2.05, 4.69) is 10.4 Å². The lowest BCUT2D eigenvalue weighted by Gasteiger charge is -2.07. The summed E-state index contributed by atoms with van der Waals surface area (Å²) >= 11 is 0. The highest BCUT2D eigenvalue weighted by Gasteiger charge is 2.23. The third-order valence-electron chi connectivity index (χ3n) is 4.51. The van der Waals surface area contributed by atoms with E-state index in [0.29, 0.717) is 17.0 Å². The summed E-state index contributed by atoms with van der Waals surface area (Å²) in [5.74, 6) is -0.385. The van der Waals surface area contributed by atoms with Crippen molar-refractivity contribution in [1.82, 2.24) is 15.1 Å². The highest BCUT2D eigenvalue weighted by Crippen LogP contribution is 2.22. The van der Waals surface area contributed by atoms with Crippen molar-refractivity contribution < 1.29 is 14.3 Å². The maximum absolute atomic E-state index is 12.4. The molecule has 3 rings (SSSR count). The van der Waals surface area contributed by atoms with Crippen LogP contribution in [0, 0.1) is 13.8 Å². The van der Waals surface area contributed by atoms with Crippen molar-refractivity contribution in [2.45, 2.75) is 20.4 Å². The van der Waals surface area contributed by atoms with Crippen LogP contribution < -0.4 is 10.1 Å². The maximum atomic E-state index is 12.4. The fourth-order valence-electron chi connectivity index (χ4n) is 2.99. The Hall–Kier alpha value is -3.15. The second-order valence-electron chi connectivity index (χ2n) is 6.23. The fraction of sp³-hybridized carbons (Fsp3) is 0.250. The molecule has 0 spiro atoms. The fourth-order valence-corrected chi connectivity index (χ4v) is 2.99. The molecule has 3 aromatic rings. The molecule has 0 atom stereocenters. The van der Waals surface area contributed by atoms with Crippen molar-refractivity contribution in [2.75, 3.05) is 7.11 Å². The van der Waals surface area contributed by atoms with Gasteiger partial charge in [0.25, 0.3) is 11.7 Å². The largest absolute Gasteiger partial charge is 0.497 e. The number of fused-ring (bicyclic) bond motifs is 1. The van der Waals surface area contributed by atoms with Gasteiger partial charge in [-0.2, -0.15) is 5.10 Å². The van der Waals surface area contributed by atoms with Crippen LogP contribution in [0.25, 0.3) is 10.8 Å². The van der Waals surface area contributed by atoms with Gasteiger partial charge in [0.1, 0.15) is 5.75 Å². The van der Waals surface area contributed by atoms with Crippen LogP contribution in [0.1, 0.15) is 27.3 Å². The Morgan fingerprint density at radius 3 is 2.46 bits per heavy atom. The molecule has 0 aliphatic carbocycles. The first-order chi connectivity index (χ1) is 12.4. The van der Waals surface area contributed by atoms with Gasteiger partial charge >= 0.3 is 0 Å². The topological polar surface area (TPSA) is 73.2 Å². The second-order valence-corrected chi connectivity index (χ2v) is 6.23. The zero-order valence-corrected chi connectivity index (χ0v) is 15.3. The van der Waals surface area contributed by atoms with E-state index in [9.17, 15) is 9.59 Å². The van der Waals surface area contributed by atoms with Crippen molar-refractivity contribution >= 4 is 22.5 Å². The van der Waals surface area contributed by atoms with Crippen molar-refractivity contribution in [3.05, 3.63) is 58.9 Å². The minimum atomic E-state index is -0.626. The molecule has 0 radical (unpaired) electrons. The highest BCUT2D eigenvalue weighted by molar-refractivity contribution is 6.43. The molecule has 6 nitrogen and oxygen atoms in total. The summed E-state index contributed by atoms with van der Waals surface area (Å²) in [6.07, 6.45) is 0. The standard InChI is InChI=1S/C20H21N3O3/c1-12-18(13(2)23(3)22-12)19(24)20(25)21-11-14-5-6-16-10-17(26-4)8-7-15(16)9-14/h5-10H,11H2,1-4H3,(H,21,25). The number of carbonyl (C=O) groups excluding carboxylic acids is 2. The molecule has 1 aromatic heterocycles. The number of amides is 1. The SMILES string of the molecule is COc1ccc2cc(CNC(=O)C(=O)c3c(C)nn(C)c3C)ccc2c1. The average molecular weight is 351 g/mol. The van der Waals surface area contributed by atoms with Crippen LogP contribution in [0.15, 0.2) is 36.4 Å². The number of ether oxygens (including phenoxy) is 1. The molecule has 0 bridgehead atoms. The third-order valence-corrected chi connectivity index (χ3v) is 4.51. The molecule has 0 aliphatic heterocycles. The molecule has 0 aliphatic rings. The molecule has 1 amide bonds. The van der Waals surface area contributed by atoms with Gasteiger partial charge in [-0.1, -0.05) is 18.2 Å². The van der Waals surface area contributed by atoms with Gasteiger partial charge in [0, 0.05) is 19.3 Å². The van der Waals surface area contributed by atoms with E-state index in [-0.39, 0.29) is 6.54 Å². The van der Waals surface area contributed by atoms with E-state index in [1.54, 1.807) is 32.7 Å². The van der Waals surface area contributed by atoms with E-state index in [0.717, 1.165) is 22.1 Å². The summed E-state index contributed by atoms with van der Waals surface area (Å²) in [6.45, 7) is 3.79. The monoisotopic (exact) mass is 351 g/mol. The number of carbonyl (C=O) groups is 2. The van der Waals surface area contributed by atoms with Crippen LogP contribution in [0.3, 0.4) is 0 Å². The van der Waals surface area contributed by atoms with Crippen LogP contribution in [-0.4, -0.2) is 28.6 Å². The number of hydrogen-bond acceptors (Lipinski definition) is 4. The van der Waals surface area contributed by atoms with Gasteiger partial charge < -0.3 is 10.1 Å². The van der Waals surface area contributed by atoms with Crippen molar-refractivity contribution in [1.29, 1.82) is 0 Å². The summed E-state index contributed by atoms with van der Waals surface area (Å²) in [5, 5.41) is 8.98. The van der Waals surface area contributed by atoms with Gasteiger partial charge in [-0.05, 0) is 48.4 Å². The second kappa shape index (κ2) is 7.00. The van der Waals surface area contributed by atoms with E-state index < -0.39 is 11.7 Å². The lowest BCUT2D eigenvalue weighted by molar-refractivity contribution is -0.117. The Balaban J connectivity index is 1.73. The number of methoxy groups -OCH3 is 1. The predicted molar refractivity (Wildman–Crippen MR) is 99.4 cm³/mol. The number of ketones is 1. The number of aromatic nitrogens is 2. The predicted octanol–water partition coefficient (Wildman–Crippen LogP) is 2.70. The molecular weight excluding hydrogens is 330 g/mol. The Kier molecular flexibility index (Phi) is 4.75. The molecule has 1 N–H and O–H groups in total. The Bertz CT molecular complexity index is 1000. The molecule has 1 heterocycles.